The molecular weight excluding hydrogens is 160 g/mol. The quantitative estimate of drug-likeness (QED) is 0.597. The van der Waals surface area contributed by atoms with Crippen LogP contribution in [0.4, 0.5) is 0 Å². The Morgan fingerprint density at radius 1 is 0.769 bits per heavy atom. The molecule has 0 radical (unpaired) electrons. The first kappa shape index (κ1) is 11.0. The lowest BCUT2D eigenvalue weighted by Crippen LogP contribution is -2.14. The third-order valence-corrected chi connectivity index (χ3v) is 2.31. The molecule has 0 amide bonds. The zero-order valence-electron chi connectivity index (χ0n) is 9.98. The number of ether oxygens (including phenoxy) is 1. The Balaban J connectivity index is 2.24. The fraction of sp³-hybridized carbons (Fsp3) is 1.00. The van der Waals surface area contributed by atoms with Gasteiger partial charge in [0.05, 0.1) is 12.2 Å². The van der Waals surface area contributed by atoms with Gasteiger partial charge in [0.15, 0.2) is 0 Å². The van der Waals surface area contributed by atoms with E-state index >= 15 is 0 Å². The monoisotopic (exact) mass is 184 g/mol. The van der Waals surface area contributed by atoms with Crippen molar-refractivity contribution in [2.24, 2.45) is 10.8 Å². The lowest BCUT2D eigenvalue weighted by atomic mass is 9.85. The molecule has 0 spiro atoms. The van der Waals surface area contributed by atoms with Crippen molar-refractivity contribution in [2.45, 2.75) is 66.6 Å². The first-order valence-electron chi connectivity index (χ1n) is 5.33. The van der Waals surface area contributed by atoms with E-state index in [1.807, 2.05) is 0 Å². The van der Waals surface area contributed by atoms with Crippen molar-refractivity contribution in [3.05, 3.63) is 0 Å². The fourth-order valence-electron chi connectivity index (χ4n) is 1.75. The van der Waals surface area contributed by atoms with Crippen LogP contribution in [0.3, 0.4) is 0 Å². The molecule has 0 aromatic carbocycles. The van der Waals surface area contributed by atoms with Gasteiger partial charge >= 0.3 is 0 Å². The lowest BCUT2D eigenvalue weighted by molar-refractivity contribution is 0.274. The minimum absolute atomic E-state index is 0.414. The van der Waals surface area contributed by atoms with E-state index < -0.39 is 0 Å². The summed E-state index contributed by atoms with van der Waals surface area (Å²) in [6.45, 7) is 13.7. The van der Waals surface area contributed by atoms with E-state index in [2.05, 4.69) is 41.5 Å². The van der Waals surface area contributed by atoms with Gasteiger partial charge in [0.2, 0.25) is 0 Å². The summed E-state index contributed by atoms with van der Waals surface area (Å²) in [4.78, 5) is 0. The molecule has 0 unspecified atom stereocenters. The van der Waals surface area contributed by atoms with Gasteiger partial charge in [0.1, 0.15) is 0 Å². The molecule has 78 valence electrons. The van der Waals surface area contributed by atoms with Crippen molar-refractivity contribution in [3.8, 4) is 0 Å². The standard InChI is InChI=1S/C12H24O/c1-11(2,3)7-9-10(13-9)8-12(4,5)6/h9-10H,7-8H2,1-6H3/t9-,10-/m1/s1. The Morgan fingerprint density at radius 2 is 1.08 bits per heavy atom. The normalized spacial score (nSPS) is 29.1. The van der Waals surface area contributed by atoms with E-state index in [-0.39, 0.29) is 0 Å². The van der Waals surface area contributed by atoms with Gasteiger partial charge in [0, 0.05) is 0 Å². The van der Waals surface area contributed by atoms with Gasteiger partial charge in [-0.3, -0.25) is 0 Å². The molecule has 1 rings (SSSR count). The number of epoxide rings is 1. The highest BCUT2D eigenvalue weighted by atomic mass is 16.6. The smallest absolute Gasteiger partial charge is 0.0847 e. The van der Waals surface area contributed by atoms with Crippen LogP contribution in [-0.4, -0.2) is 12.2 Å². The topological polar surface area (TPSA) is 12.5 Å². The zero-order valence-corrected chi connectivity index (χ0v) is 9.98. The minimum Gasteiger partial charge on any atom is -0.370 e. The molecule has 1 fully saturated rings. The molecule has 13 heavy (non-hydrogen) atoms. The maximum atomic E-state index is 5.67. The van der Waals surface area contributed by atoms with Gasteiger partial charge < -0.3 is 4.74 Å². The van der Waals surface area contributed by atoms with E-state index in [0.29, 0.717) is 23.0 Å². The van der Waals surface area contributed by atoms with Gasteiger partial charge in [-0.2, -0.15) is 0 Å². The Bertz CT molecular complexity index is 151. The summed E-state index contributed by atoms with van der Waals surface area (Å²) in [7, 11) is 0. The molecular formula is C12H24O. The molecule has 0 aliphatic carbocycles. The summed E-state index contributed by atoms with van der Waals surface area (Å²) in [5.74, 6) is 0. The third-order valence-electron chi connectivity index (χ3n) is 2.31. The lowest BCUT2D eigenvalue weighted by Gasteiger charge is -2.18. The molecule has 1 nitrogen and oxygen atoms in total. The Labute approximate surface area is 82.9 Å². The number of hydrogen-bond donors (Lipinski definition) is 0. The van der Waals surface area contributed by atoms with Crippen molar-refractivity contribution in [3.63, 3.8) is 0 Å². The summed E-state index contributed by atoms with van der Waals surface area (Å²) in [6.07, 6.45) is 3.49. The van der Waals surface area contributed by atoms with E-state index in [4.69, 9.17) is 4.74 Å². The third kappa shape index (κ3) is 4.66. The Morgan fingerprint density at radius 3 is 1.31 bits per heavy atom. The van der Waals surface area contributed by atoms with Crippen LogP contribution in [0.5, 0.6) is 0 Å². The van der Waals surface area contributed by atoms with Gasteiger partial charge in [-0.05, 0) is 23.7 Å². The van der Waals surface area contributed by atoms with Crippen LogP contribution in [0.25, 0.3) is 0 Å². The molecule has 0 aromatic heterocycles. The maximum absolute atomic E-state index is 5.67. The van der Waals surface area contributed by atoms with Gasteiger partial charge in [-0.1, -0.05) is 41.5 Å². The molecule has 1 heteroatoms. The molecule has 0 bridgehead atoms. The first-order chi connectivity index (χ1) is 5.67. The van der Waals surface area contributed by atoms with Crippen LogP contribution < -0.4 is 0 Å². The average molecular weight is 184 g/mol. The van der Waals surface area contributed by atoms with Gasteiger partial charge in [-0.15, -0.1) is 0 Å². The molecule has 1 aliphatic rings. The fourth-order valence-corrected chi connectivity index (χ4v) is 1.75. The van der Waals surface area contributed by atoms with Crippen molar-refractivity contribution in [1.82, 2.24) is 0 Å². The number of rotatable bonds is 2. The summed E-state index contributed by atoms with van der Waals surface area (Å²) in [5, 5.41) is 0. The van der Waals surface area contributed by atoms with Crippen LogP contribution in [0, 0.1) is 10.8 Å². The molecule has 0 saturated carbocycles. The first-order valence-corrected chi connectivity index (χ1v) is 5.33. The summed E-state index contributed by atoms with van der Waals surface area (Å²) < 4.78 is 5.67. The van der Waals surface area contributed by atoms with Crippen molar-refractivity contribution in [1.29, 1.82) is 0 Å². The highest BCUT2D eigenvalue weighted by Crippen LogP contribution is 2.39. The summed E-state index contributed by atoms with van der Waals surface area (Å²) in [5.41, 5.74) is 0.828. The molecule has 0 N–H and O–H groups in total. The van der Waals surface area contributed by atoms with Crippen LogP contribution >= 0.6 is 0 Å². The van der Waals surface area contributed by atoms with Gasteiger partial charge in [-0.25, -0.2) is 0 Å². The highest BCUT2D eigenvalue weighted by Gasteiger charge is 2.42. The zero-order chi connectivity index (χ0) is 10.3. The molecule has 1 aliphatic heterocycles. The molecule has 1 saturated heterocycles. The largest absolute Gasteiger partial charge is 0.370 e. The molecule has 0 aromatic rings. The van der Waals surface area contributed by atoms with Crippen LogP contribution in [-0.2, 0) is 4.74 Å². The maximum Gasteiger partial charge on any atom is 0.0847 e. The van der Waals surface area contributed by atoms with Crippen LogP contribution in [0.15, 0.2) is 0 Å². The van der Waals surface area contributed by atoms with Crippen LogP contribution in [0.1, 0.15) is 54.4 Å². The van der Waals surface area contributed by atoms with E-state index in [0.717, 1.165) is 0 Å². The second-order valence-electron chi connectivity index (χ2n) is 6.74. The van der Waals surface area contributed by atoms with Gasteiger partial charge in [0.25, 0.3) is 0 Å². The van der Waals surface area contributed by atoms with Crippen molar-refractivity contribution < 1.29 is 4.74 Å². The highest BCUT2D eigenvalue weighted by molar-refractivity contribution is 4.90. The Hall–Kier alpha value is -0.0400. The Kier molecular flexibility index (Phi) is 2.78. The predicted octanol–water partition coefficient (Wildman–Crippen LogP) is 3.63. The van der Waals surface area contributed by atoms with E-state index in [9.17, 15) is 0 Å². The summed E-state index contributed by atoms with van der Waals surface area (Å²) >= 11 is 0. The SMILES string of the molecule is CC(C)(C)C[C@H]1O[C@@H]1CC(C)(C)C. The van der Waals surface area contributed by atoms with E-state index in [1.165, 1.54) is 12.8 Å². The van der Waals surface area contributed by atoms with Crippen molar-refractivity contribution in [2.75, 3.05) is 0 Å². The second kappa shape index (κ2) is 3.27. The molecule has 1 heterocycles. The predicted molar refractivity (Wildman–Crippen MR) is 56.8 cm³/mol. The molecule has 2 atom stereocenters. The van der Waals surface area contributed by atoms with E-state index in [1.54, 1.807) is 0 Å². The average Bonchev–Trinajstić information content (AvgIpc) is 2.36. The minimum atomic E-state index is 0.414. The number of hydrogen-bond acceptors (Lipinski definition) is 1. The van der Waals surface area contributed by atoms with Crippen molar-refractivity contribution >= 4 is 0 Å². The van der Waals surface area contributed by atoms with Crippen LogP contribution in [0.2, 0.25) is 0 Å². The summed E-state index contributed by atoms with van der Waals surface area (Å²) in [6, 6.07) is 0. The second-order valence-corrected chi connectivity index (χ2v) is 6.74.